The molecule has 4 heteroatoms. The van der Waals surface area contributed by atoms with E-state index in [0.29, 0.717) is 6.61 Å². The van der Waals surface area contributed by atoms with Crippen molar-refractivity contribution in [3.05, 3.63) is 45.4 Å². The number of aromatic nitrogens is 1. The summed E-state index contributed by atoms with van der Waals surface area (Å²) in [5.74, 6) is 0.859. The number of ether oxygens (including phenoxy) is 1. The van der Waals surface area contributed by atoms with Crippen LogP contribution in [0.15, 0.2) is 23.6 Å². The van der Waals surface area contributed by atoms with Gasteiger partial charge in [0.15, 0.2) is 0 Å². The number of aryl methyl sites for hydroxylation is 1. The van der Waals surface area contributed by atoms with Crippen LogP contribution in [-0.2, 0) is 12.0 Å². The Labute approximate surface area is 131 Å². The van der Waals surface area contributed by atoms with Crippen molar-refractivity contribution < 1.29 is 4.74 Å². The summed E-state index contributed by atoms with van der Waals surface area (Å²) in [7, 11) is 0. The Morgan fingerprint density at radius 2 is 2.05 bits per heavy atom. The summed E-state index contributed by atoms with van der Waals surface area (Å²) in [6.45, 7) is 11.0. The number of benzene rings is 1. The van der Waals surface area contributed by atoms with E-state index >= 15 is 0 Å². The average Bonchev–Trinajstić information content (AvgIpc) is 2.84. The molecule has 0 amide bonds. The van der Waals surface area contributed by atoms with E-state index in [9.17, 15) is 0 Å². The number of thiazole rings is 1. The van der Waals surface area contributed by atoms with Crippen molar-refractivity contribution in [2.24, 2.45) is 5.73 Å². The largest absolute Gasteiger partial charge is 0.486 e. The quantitative estimate of drug-likeness (QED) is 0.913. The lowest BCUT2D eigenvalue weighted by Gasteiger charge is -2.15. The van der Waals surface area contributed by atoms with Gasteiger partial charge in [-0.3, -0.25) is 0 Å². The first-order valence-electron chi connectivity index (χ1n) is 7.21. The fourth-order valence-electron chi connectivity index (χ4n) is 2.00. The molecule has 0 aliphatic heterocycles. The Hall–Kier alpha value is -1.39. The lowest BCUT2D eigenvalue weighted by molar-refractivity contribution is 0.300. The van der Waals surface area contributed by atoms with Crippen molar-refractivity contribution in [2.75, 3.05) is 0 Å². The molecule has 0 fully saturated rings. The smallest absolute Gasteiger partial charge is 0.140 e. The summed E-state index contributed by atoms with van der Waals surface area (Å²) in [5, 5.41) is 3.11. The van der Waals surface area contributed by atoms with Crippen LogP contribution in [0.4, 0.5) is 0 Å². The fourth-order valence-corrected chi connectivity index (χ4v) is 2.94. The van der Waals surface area contributed by atoms with Crippen LogP contribution in [0.1, 0.15) is 55.6 Å². The lowest BCUT2D eigenvalue weighted by Crippen LogP contribution is -2.12. The standard InChI is InChI=1S/C17H24N2OS/c1-11-6-7-13(12(2)18)14(8-11)20-9-16-19-15(10-21-16)17(3,4)5/h6-8,10,12H,9,18H2,1-5H3/t12-/m1/s1. The molecule has 0 bridgehead atoms. The summed E-state index contributed by atoms with van der Waals surface area (Å²) in [4.78, 5) is 4.66. The molecular weight excluding hydrogens is 280 g/mol. The molecule has 114 valence electrons. The van der Waals surface area contributed by atoms with Gasteiger partial charge in [-0.15, -0.1) is 11.3 Å². The maximum atomic E-state index is 6.00. The minimum Gasteiger partial charge on any atom is -0.486 e. The Morgan fingerprint density at radius 3 is 2.62 bits per heavy atom. The van der Waals surface area contributed by atoms with Gasteiger partial charge in [0, 0.05) is 22.4 Å². The molecule has 0 saturated carbocycles. The minimum absolute atomic E-state index is 0.0398. The van der Waals surface area contributed by atoms with Crippen LogP contribution in [-0.4, -0.2) is 4.98 Å². The van der Waals surface area contributed by atoms with E-state index in [1.807, 2.05) is 19.1 Å². The summed E-state index contributed by atoms with van der Waals surface area (Å²) in [5.41, 5.74) is 9.40. The zero-order valence-corrected chi connectivity index (χ0v) is 14.3. The third kappa shape index (κ3) is 4.05. The third-order valence-corrected chi connectivity index (χ3v) is 4.15. The van der Waals surface area contributed by atoms with Crippen LogP contribution >= 0.6 is 11.3 Å². The molecule has 0 spiro atoms. The number of nitrogens with two attached hydrogens (primary N) is 1. The maximum absolute atomic E-state index is 6.00. The van der Waals surface area contributed by atoms with Gasteiger partial charge in [0.25, 0.3) is 0 Å². The van der Waals surface area contributed by atoms with Gasteiger partial charge in [0.05, 0.1) is 5.69 Å². The maximum Gasteiger partial charge on any atom is 0.140 e. The van der Waals surface area contributed by atoms with Gasteiger partial charge >= 0.3 is 0 Å². The van der Waals surface area contributed by atoms with E-state index in [0.717, 1.165) is 22.0 Å². The van der Waals surface area contributed by atoms with E-state index in [4.69, 9.17) is 10.5 Å². The van der Waals surface area contributed by atoms with Gasteiger partial charge in [-0.25, -0.2) is 4.98 Å². The summed E-state index contributed by atoms with van der Waals surface area (Å²) in [6.07, 6.45) is 0. The summed E-state index contributed by atoms with van der Waals surface area (Å²) >= 11 is 1.65. The molecule has 0 radical (unpaired) electrons. The van der Waals surface area contributed by atoms with E-state index in [-0.39, 0.29) is 11.5 Å². The van der Waals surface area contributed by atoms with Crippen molar-refractivity contribution in [1.82, 2.24) is 4.98 Å². The van der Waals surface area contributed by atoms with Crippen molar-refractivity contribution in [3.63, 3.8) is 0 Å². The molecule has 0 saturated heterocycles. The minimum atomic E-state index is -0.0398. The van der Waals surface area contributed by atoms with E-state index < -0.39 is 0 Å². The number of nitrogens with zero attached hydrogens (tertiary/aromatic N) is 1. The van der Waals surface area contributed by atoms with Crippen LogP contribution in [0.5, 0.6) is 5.75 Å². The Balaban J connectivity index is 2.13. The second kappa shape index (κ2) is 6.16. The molecule has 1 atom stereocenters. The van der Waals surface area contributed by atoms with Gasteiger partial charge < -0.3 is 10.5 Å². The van der Waals surface area contributed by atoms with Crippen LogP contribution in [0.25, 0.3) is 0 Å². The molecule has 2 rings (SSSR count). The SMILES string of the molecule is Cc1ccc([C@@H](C)N)c(OCc2nc(C(C)(C)C)cs2)c1. The van der Waals surface area contributed by atoms with E-state index in [1.165, 1.54) is 5.56 Å². The molecule has 3 nitrogen and oxygen atoms in total. The Kier molecular flexibility index (Phi) is 4.69. The second-order valence-electron chi connectivity index (χ2n) is 6.50. The predicted octanol–water partition coefficient (Wildman–Crippen LogP) is 4.35. The molecule has 0 unspecified atom stereocenters. The topological polar surface area (TPSA) is 48.1 Å². The molecule has 1 heterocycles. The van der Waals surface area contributed by atoms with Gasteiger partial charge in [-0.2, -0.15) is 0 Å². The first-order valence-corrected chi connectivity index (χ1v) is 8.09. The third-order valence-electron chi connectivity index (χ3n) is 3.33. The zero-order valence-electron chi connectivity index (χ0n) is 13.4. The highest BCUT2D eigenvalue weighted by molar-refractivity contribution is 7.09. The molecule has 2 aromatic rings. The van der Waals surface area contributed by atoms with Crippen molar-refractivity contribution in [2.45, 2.75) is 52.7 Å². The van der Waals surface area contributed by atoms with E-state index in [1.54, 1.807) is 11.3 Å². The van der Waals surface area contributed by atoms with Crippen LogP contribution < -0.4 is 10.5 Å². The van der Waals surface area contributed by atoms with Crippen LogP contribution in [0.3, 0.4) is 0 Å². The normalized spacial score (nSPS) is 13.2. The molecule has 0 aliphatic rings. The first-order chi connectivity index (χ1) is 9.77. The highest BCUT2D eigenvalue weighted by Gasteiger charge is 2.17. The highest BCUT2D eigenvalue weighted by Crippen LogP contribution is 2.28. The highest BCUT2D eigenvalue weighted by atomic mass is 32.1. The molecular formula is C17H24N2OS. The van der Waals surface area contributed by atoms with Crippen molar-refractivity contribution in [1.29, 1.82) is 0 Å². The Morgan fingerprint density at radius 1 is 1.33 bits per heavy atom. The molecule has 2 N–H and O–H groups in total. The monoisotopic (exact) mass is 304 g/mol. The number of rotatable bonds is 4. The first kappa shape index (κ1) is 16.0. The van der Waals surface area contributed by atoms with Crippen molar-refractivity contribution >= 4 is 11.3 Å². The second-order valence-corrected chi connectivity index (χ2v) is 7.44. The molecule has 1 aromatic heterocycles. The van der Waals surface area contributed by atoms with Gasteiger partial charge in [-0.05, 0) is 25.5 Å². The molecule has 21 heavy (non-hydrogen) atoms. The lowest BCUT2D eigenvalue weighted by atomic mass is 9.93. The Bertz CT molecular complexity index is 611. The van der Waals surface area contributed by atoms with Crippen LogP contribution in [0, 0.1) is 6.92 Å². The van der Waals surface area contributed by atoms with Crippen LogP contribution in [0.2, 0.25) is 0 Å². The molecule has 1 aromatic carbocycles. The number of hydrogen-bond donors (Lipinski definition) is 1. The fraction of sp³-hybridized carbons (Fsp3) is 0.471. The van der Waals surface area contributed by atoms with Gasteiger partial charge in [0.1, 0.15) is 17.4 Å². The zero-order chi connectivity index (χ0) is 15.6. The van der Waals surface area contributed by atoms with Gasteiger partial charge in [-0.1, -0.05) is 32.9 Å². The summed E-state index contributed by atoms with van der Waals surface area (Å²) in [6, 6.07) is 6.10. The molecule has 0 aliphatic carbocycles. The van der Waals surface area contributed by atoms with E-state index in [2.05, 4.69) is 44.1 Å². The average molecular weight is 304 g/mol. The van der Waals surface area contributed by atoms with Crippen molar-refractivity contribution in [3.8, 4) is 5.75 Å². The summed E-state index contributed by atoms with van der Waals surface area (Å²) < 4.78 is 5.96. The van der Waals surface area contributed by atoms with Gasteiger partial charge in [0.2, 0.25) is 0 Å². The predicted molar refractivity (Wildman–Crippen MR) is 88.9 cm³/mol. The number of hydrogen-bond acceptors (Lipinski definition) is 4.